The molecule has 23 heavy (non-hydrogen) atoms. The third-order valence-corrected chi connectivity index (χ3v) is 5.16. The zero-order valence-electron chi connectivity index (χ0n) is 13.6. The minimum atomic E-state index is 0.500. The van der Waals surface area contributed by atoms with Gasteiger partial charge in [0, 0.05) is 49.5 Å². The van der Waals surface area contributed by atoms with E-state index in [1.165, 1.54) is 5.69 Å². The largest absolute Gasteiger partial charge is 0.293 e. The second-order valence-corrected chi connectivity index (χ2v) is 7.12. The fraction of sp³-hybridized carbons (Fsp3) is 0.438. The zero-order valence-corrected chi connectivity index (χ0v) is 14.4. The molecule has 1 aliphatic heterocycles. The van der Waals surface area contributed by atoms with Crippen LogP contribution in [0.3, 0.4) is 0 Å². The van der Waals surface area contributed by atoms with Crippen molar-refractivity contribution in [2.24, 2.45) is 7.05 Å². The van der Waals surface area contributed by atoms with Gasteiger partial charge in [0.25, 0.3) is 0 Å². The van der Waals surface area contributed by atoms with E-state index in [1.54, 1.807) is 11.3 Å². The Balaban J connectivity index is 1.37. The summed E-state index contributed by atoms with van der Waals surface area (Å²) in [5, 5.41) is 12.0. The van der Waals surface area contributed by atoms with Gasteiger partial charge in [-0.1, -0.05) is 0 Å². The number of hydrogen-bond acceptors (Lipinski definition) is 5. The average molecular weight is 328 g/mol. The molecule has 4 rings (SSSR count). The molecule has 1 saturated heterocycles. The lowest BCUT2D eigenvalue weighted by atomic mass is 10.1. The molecule has 3 aromatic rings. The van der Waals surface area contributed by atoms with Crippen molar-refractivity contribution in [1.82, 2.24) is 29.4 Å². The second-order valence-electron chi connectivity index (χ2n) is 6.27. The molecule has 0 unspecified atom stereocenters. The standard InChI is InChI=1S/C16H20N6S/c1-11-4-12(2)22(19-11)15-8-21(9-15)7-14-10-23-16(18-14)13-5-17-20(3)6-13/h4-6,10,15H,7-9H2,1-3H3. The maximum Gasteiger partial charge on any atom is 0.126 e. The van der Waals surface area contributed by atoms with Gasteiger partial charge in [-0.15, -0.1) is 11.3 Å². The molecule has 7 heteroatoms. The van der Waals surface area contributed by atoms with Crippen molar-refractivity contribution < 1.29 is 0 Å². The Morgan fingerprint density at radius 2 is 2.13 bits per heavy atom. The Kier molecular flexibility index (Phi) is 3.54. The van der Waals surface area contributed by atoms with E-state index in [0.717, 1.165) is 41.6 Å². The summed E-state index contributed by atoms with van der Waals surface area (Å²) >= 11 is 1.69. The number of aryl methyl sites for hydroxylation is 3. The van der Waals surface area contributed by atoms with Gasteiger partial charge < -0.3 is 0 Å². The molecule has 4 heterocycles. The van der Waals surface area contributed by atoms with Crippen molar-refractivity contribution in [3.8, 4) is 10.6 Å². The Bertz CT molecular complexity index is 823. The molecule has 1 aliphatic rings. The van der Waals surface area contributed by atoms with E-state index in [-0.39, 0.29) is 0 Å². The van der Waals surface area contributed by atoms with Crippen molar-refractivity contribution in [2.75, 3.05) is 13.1 Å². The number of likely N-dealkylation sites (tertiary alicyclic amines) is 1. The van der Waals surface area contributed by atoms with E-state index in [0.29, 0.717) is 6.04 Å². The van der Waals surface area contributed by atoms with Crippen molar-refractivity contribution in [2.45, 2.75) is 26.4 Å². The number of rotatable bonds is 4. The Morgan fingerprint density at radius 3 is 2.78 bits per heavy atom. The van der Waals surface area contributed by atoms with Crippen LogP contribution in [0.25, 0.3) is 10.6 Å². The van der Waals surface area contributed by atoms with E-state index in [4.69, 9.17) is 4.98 Å². The summed E-state index contributed by atoms with van der Waals surface area (Å²) in [4.78, 5) is 7.16. The van der Waals surface area contributed by atoms with Gasteiger partial charge in [0.05, 0.1) is 23.6 Å². The van der Waals surface area contributed by atoms with Crippen molar-refractivity contribution in [3.05, 3.63) is 40.9 Å². The molecular formula is C16H20N6S. The van der Waals surface area contributed by atoms with Crippen LogP contribution in [0, 0.1) is 13.8 Å². The first kappa shape index (κ1) is 14.6. The van der Waals surface area contributed by atoms with Gasteiger partial charge in [-0.3, -0.25) is 14.3 Å². The zero-order chi connectivity index (χ0) is 16.0. The molecule has 120 valence electrons. The predicted molar refractivity (Wildman–Crippen MR) is 90.3 cm³/mol. The SMILES string of the molecule is Cc1cc(C)n(C2CN(Cc3csc(-c4cnn(C)c4)n3)C2)n1. The highest BCUT2D eigenvalue weighted by molar-refractivity contribution is 7.13. The number of nitrogens with zero attached hydrogens (tertiary/aromatic N) is 6. The number of thiazole rings is 1. The van der Waals surface area contributed by atoms with Crippen LogP contribution in [0.15, 0.2) is 23.8 Å². The summed E-state index contributed by atoms with van der Waals surface area (Å²) in [6.07, 6.45) is 3.87. The molecule has 0 saturated carbocycles. The minimum Gasteiger partial charge on any atom is -0.293 e. The highest BCUT2D eigenvalue weighted by Gasteiger charge is 2.30. The minimum absolute atomic E-state index is 0.500. The molecule has 0 radical (unpaired) electrons. The molecule has 0 atom stereocenters. The average Bonchev–Trinajstić information content (AvgIpc) is 3.14. The molecule has 0 aliphatic carbocycles. The van der Waals surface area contributed by atoms with Crippen LogP contribution in [0.2, 0.25) is 0 Å². The second kappa shape index (κ2) is 5.58. The fourth-order valence-corrected chi connectivity index (χ4v) is 3.90. The molecule has 0 N–H and O–H groups in total. The lowest BCUT2D eigenvalue weighted by molar-refractivity contribution is 0.0882. The molecule has 1 fully saturated rings. The van der Waals surface area contributed by atoms with E-state index >= 15 is 0 Å². The molecule has 0 bridgehead atoms. The number of hydrogen-bond donors (Lipinski definition) is 0. The van der Waals surface area contributed by atoms with E-state index in [2.05, 4.69) is 45.1 Å². The first-order chi connectivity index (χ1) is 11.1. The normalized spacial score (nSPS) is 16.0. The highest BCUT2D eigenvalue weighted by Crippen LogP contribution is 2.27. The Morgan fingerprint density at radius 1 is 1.30 bits per heavy atom. The van der Waals surface area contributed by atoms with Gasteiger partial charge in [0.15, 0.2) is 0 Å². The Labute approximate surface area is 139 Å². The van der Waals surface area contributed by atoms with Gasteiger partial charge in [-0.2, -0.15) is 10.2 Å². The van der Waals surface area contributed by atoms with Gasteiger partial charge in [-0.25, -0.2) is 4.98 Å². The quantitative estimate of drug-likeness (QED) is 0.738. The third-order valence-electron chi connectivity index (χ3n) is 4.22. The summed E-state index contributed by atoms with van der Waals surface area (Å²) < 4.78 is 3.97. The van der Waals surface area contributed by atoms with E-state index < -0.39 is 0 Å². The van der Waals surface area contributed by atoms with Gasteiger partial charge in [-0.05, 0) is 19.9 Å². The van der Waals surface area contributed by atoms with Crippen molar-refractivity contribution >= 4 is 11.3 Å². The monoisotopic (exact) mass is 328 g/mol. The third kappa shape index (κ3) is 2.82. The van der Waals surface area contributed by atoms with Crippen LogP contribution >= 0.6 is 11.3 Å². The van der Waals surface area contributed by atoms with Gasteiger partial charge in [0.2, 0.25) is 0 Å². The van der Waals surface area contributed by atoms with Crippen LogP contribution in [0.4, 0.5) is 0 Å². The first-order valence-electron chi connectivity index (χ1n) is 7.77. The molecule has 0 spiro atoms. The summed E-state index contributed by atoms with van der Waals surface area (Å²) in [5.41, 5.74) is 4.58. The summed E-state index contributed by atoms with van der Waals surface area (Å²) in [5.74, 6) is 0. The summed E-state index contributed by atoms with van der Waals surface area (Å²) in [6, 6.07) is 2.64. The van der Waals surface area contributed by atoms with E-state index in [1.807, 2.05) is 24.1 Å². The first-order valence-corrected chi connectivity index (χ1v) is 8.65. The van der Waals surface area contributed by atoms with E-state index in [9.17, 15) is 0 Å². The summed E-state index contributed by atoms with van der Waals surface area (Å²) in [7, 11) is 1.93. The van der Waals surface area contributed by atoms with Gasteiger partial charge >= 0.3 is 0 Å². The van der Waals surface area contributed by atoms with Crippen LogP contribution in [-0.4, -0.2) is 42.5 Å². The molecule has 0 aromatic carbocycles. The predicted octanol–water partition coefficient (Wildman–Crippen LogP) is 2.41. The summed E-state index contributed by atoms with van der Waals surface area (Å²) in [6.45, 7) is 7.18. The molecule has 3 aromatic heterocycles. The van der Waals surface area contributed by atoms with Crippen LogP contribution < -0.4 is 0 Å². The van der Waals surface area contributed by atoms with Crippen LogP contribution in [0.5, 0.6) is 0 Å². The maximum absolute atomic E-state index is 4.74. The highest BCUT2D eigenvalue weighted by atomic mass is 32.1. The van der Waals surface area contributed by atoms with Crippen molar-refractivity contribution in [3.63, 3.8) is 0 Å². The topological polar surface area (TPSA) is 51.8 Å². The molecular weight excluding hydrogens is 308 g/mol. The molecule has 6 nitrogen and oxygen atoms in total. The Hall–Kier alpha value is -1.99. The fourth-order valence-electron chi connectivity index (χ4n) is 3.12. The van der Waals surface area contributed by atoms with Crippen LogP contribution in [0.1, 0.15) is 23.1 Å². The van der Waals surface area contributed by atoms with Crippen LogP contribution in [-0.2, 0) is 13.6 Å². The smallest absolute Gasteiger partial charge is 0.126 e. The maximum atomic E-state index is 4.74. The van der Waals surface area contributed by atoms with Gasteiger partial charge in [0.1, 0.15) is 5.01 Å². The lowest BCUT2D eigenvalue weighted by Gasteiger charge is -2.39. The molecule has 0 amide bonds. The lowest BCUT2D eigenvalue weighted by Crippen LogP contribution is -2.47. The van der Waals surface area contributed by atoms with Crippen molar-refractivity contribution in [1.29, 1.82) is 0 Å². The number of aromatic nitrogens is 5.